The van der Waals surface area contributed by atoms with Crippen LogP contribution in [0.25, 0.3) is 0 Å². The number of fused-ring (bicyclic) bond motifs is 8. The summed E-state index contributed by atoms with van der Waals surface area (Å²) in [4.78, 5) is 29.3. The predicted molar refractivity (Wildman–Crippen MR) is 91.2 cm³/mol. The zero-order chi connectivity index (χ0) is 17.6. The number of hydrogen-bond donors (Lipinski definition) is 1. The van der Waals surface area contributed by atoms with Crippen molar-refractivity contribution in [3.8, 4) is 0 Å². The summed E-state index contributed by atoms with van der Waals surface area (Å²) in [6.07, 6.45) is 0. The highest BCUT2D eigenvalue weighted by Crippen LogP contribution is 2.54. The molecule has 4 nitrogen and oxygen atoms in total. The third kappa shape index (κ3) is 1.78. The predicted octanol–water partition coefficient (Wildman–Crippen LogP) is 1.88. The number of rotatable bonds is 0. The molecule has 1 aromatic carbocycles. The van der Waals surface area contributed by atoms with Crippen molar-refractivity contribution >= 4 is 11.8 Å². The van der Waals surface area contributed by atoms with Crippen LogP contribution >= 0.6 is 0 Å². The molecular weight excluding hydrogens is 300 g/mol. The van der Waals surface area contributed by atoms with Crippen LogP contribution in [0.15, 0.2) is 24.3 Å². The van der Waals surface area contributed by atoms with Crippen molar-refractivity contribution in [2.45, 2.75) is 64.7 Å². The number of amides is 2. The van der Waals surface area contributed by atoms with Gasteiger partial charge in [-0.3, -0.25) is 14.5 Å². The van der Waals surface area contributed by atoms with Gasteiger partial charge in [-0.2, -0.15) is 0 Å². The average molecular weight is 327 g/mol. The summed E-state index contributed by atoms with van der Waals surface area (Å²) in [5, 5.41) is 0. The summed E-state index contributed by atoms with van der Waals surface area (Å²) in [6.45, 7) is 12.5. The van der Waals surface area contributed by atoms with Crippen LogP contribution in [0.5, 0.6) is 0 Å². The molecule has 0 aromatic heterocycles. The van der Waals surface area contributed by atoms with E-state index < -0.39 is 5.54 Å². The standard InChI is InChI=1S/C20H26N2O2/c1-19(2,3)21-15-11-9-7-8-10-12(11)16(21)14-13(15)17(23)22(18(14)24)20(4,5)6/h7-10,13-16H,1-6H3/p+1/t13-,14+,15-,16+. The molecule has 0 aliphatic carbocycles. The number of carbonyl (C=O) groups is 2. The van der Waals surface area contributed by atoms with Crippen LogP contribution in [0.3, 0.4) is 0 Å². The van der Waals surface area contributed by atoms with Crippen molar-refractivity contribution in [3.05, 3.63) is 35.4 Å². The Morgan fingerprint density at radius 2 is 1.25 bits per heavy atom. The molecule has 3 aliphatic heterocycles. The number of carbonyl (C=O) groups excluding carboxylic acids is 2. The van der Waals surface area contributed by atoms with Crippen LogP contribution in [-0.4, -0.2) is 27.8 Å². The van der Waals surface area contributed by atoms with Gasteiger partial charge in [0.25, 0.3) is 0 Å². The van der Waals surface area contributed by atoms with Gasteiger partial charge in [-0.25, -0.2) is 0 Å². The van der Waals surface area contributed by atoms with Gasteiger partial charge < -0.3 is 4.90 Å². The first kappa shape index (κ1) is 15.8. The lowest BCUT2D eigenvalue weighted by molar-refractivity contribution is -0.986. The Morgan fingerprint density at radius 1 is 0.833 bits per heavy atom. The van der Waals surface area contributed by atoms with E-state index >= 15 is 0 Å². The summed E-state index contributed by atoms with van der Waals surface area (Å²) < 4.78 is 0. The Morgan fingerprint density at radius 3 is 1.58 bits per heavy atom. The van der Waals surface area contributed by atoms with Gasteiger partial charge in [-0.15, -0.1) is 0 Å². The molecule has 2 amide bonds. The largest absolute Gasteiger partial charge is 0.317 e. The molecule has 1 unspecified atom stereocenters. The third-order valence-electron chi connectivity index (χ3n) is 5.99. The minimum absolute atomic E-state index is 0.00812. The summed E-state index contributed by atoms with van der Waals surface area (Å²) >= 11 is 0. The second-order valence-corrected chi connectivity index (χ2v) is 9.52. The number of imide groups is 1. The smallest absolute Gasteiger partial charge is 0.240 e. The fourth-order valence-electron chi connectivity index (χ4n) is 5.39. The van der Waals surface area contributed by atoms with Gasteiger partial charge in [0.15, 0.2) is 0 Å². The first-order valence-electron chi connectivity index (χ1n) is 8.89. The SMILES string of the molecule is CC(C)(C)N1C(=O)[C@@H]2[C@H](C1=O)[C@@H]1c3ccccc3[C@H]2[NH+]1C(C)(C)C. The van der Waals surface area contributed by atoms with E-state index in [2.05, 4.69) is 45.0 Å². The summed E-state index contributed by atoms with van der Waals surface area (Å²) in [5.41, 5.74) is 2.08. The minimum atomic E-state index is -0.452. The number of quaternary nitrogens is 1. The van der Waals surface area contributed by atoms with E-state index in [1.165, 1.54) is 20.9 Å². The quantitative estimate of drug-likeness (QED) is 0.739. The third-order valence-corrected chi connectivity index (χ3v) is 5.99. The average Bonchev–Trinajstić information content (AvgIpc) is 3.04. The molecule has 0 saturated carbocycles. The molecule has 4 heteroatoms. The van der Waals surface area contributed by atoms with Crippen molar-refractivity contribution in [3.63, 3.8) is 0 Å². The zero-order valence-electron chi connectivity index (χ0n) is 15.4. The Balaban J connectivity index is 1.89. The number of benzene rings is 1. The summed E-state index contributed by atoms with van der Waals surface area (Å²) in [7, 11) is 0. The maximum atomic E-state index is 13.2. The minimum Gasteiger partial charge on any atom is -0.317 e. The molecule has 1 aromatic rings. The zero-order valence-corrected chi connectivity index (χ0v) is 15.4. The molecule has 4 rings (SSSR count). The highest BCUT2D eigenvalue weighted by Gasteiger charge is 2.72. The number of nitrogens with zero attached hydrogens (tertiary/aromatic N) is 1. The monoisotopic (exact) mass is 327 g/mol. The van der Waals surface area contributed by atoms with Crippen molar-refractivity contribution < 1.29 is 14.5 Å². The molecule has 2 bridgehead atoms. The molecule has 128 valence electrons. The second kappa shape index (κ2) is 4.48. The molecular formula is C20H27N2O2+. The number of hydrogen-bond acceptors (Lipinski definition) is 2. The number of likely N-dealkylation sites (tertiary alicyclic amines) is 1. The molecule has 0 spiro atoms. The lowest BCUT2D eigenvalue weighted by atomic mass is 9.77. The van der Waals surface area contributed by atoms with Crippen molar-refractivity contribution in [2.75, 3.05) is 0 Å². The van der Waals surface area contributed by atoms with Gasteiger partial charge in [0.1, 0.15) is 23.9 Å². The molecule has 24 heavy (non-hydrogen) atoms. The highest BCUT2D eigenvalue weighted by atomic mass is 16.2. The van der Waals surface area contributed by atoms with Crippen LogP contribution < -0.4 is 4.90 Å². The summed E-state index contributed by atoms with van der Waals surface area (Å²) in [5.74, 6) is -0.348. The van der Waals surface area contributed by atoms with Crippen LogP contribution in [0, 0.1) is 11.8 Å². The van der Waals surface area contributed by atoms with Gasteiger partial charge in [0.05, 0.1) is 5.54 Å². The van der Waals surface area contributed by atoms with E-state index in [-0.39, 0.29) is 41.3 Å². The second-order valence-electron chi connectivity index (χ2n) is 9.52. The van der Waals surface area contributed by atoms with E-state index in [4.69, 9.17) is 0 Å². The molecule has 5 atom stereocenters. The van der Waals surface area contributed by atoms with Crippen LogP contribution in [-0.2, 0) is 9.59 Å². The van der Waals surface area contributed by atoms with Crippen LogP contribution in [0.4, 0.5) is 0 Å². The van der Waals surface area contributed by atoms with Gasteiger partial charge >= 0.3 is 0 Å². The topological polar surface area (TPSA) is 41.8 Å². The lowest BCUT2D eigenvalue weighted by Gasteiger charge is -2.37. The first-order valence-corrected chi connectivity index (χ1v) is 8.89. The van der Waals surface area contributed by atoms with Crippen molar-refractivity contribution in [1.82, 2.24) is 4.90 Å². The summed E-state index contributed by atoms with van der Waals surface area (Å²) in [6, 6.07) is 8.61. The molecule has 1 N–H and O–H groups in total. The van der Waals surface area contributed by atoms with Gasteiger partial charge in [0, 0.05) is 16.7 Å². The molecule has 0 radical (unpaired) electrons. The lowest BCUT2D eigenvalue weighted by Crippen LogP contribution is -3.16. The number of nitrogens with one attached hydrogen (secondary N) is 1. The maximum absolute atomic E-state index is 13.2. The Hall–Kier alpha value is -1.68. The van der Waals surface area contributed by atoms with E-state index in [0.29, 0.717) is 0 Å². The normalized spacial score (nSPS) is 34.8. The molecule has 2 fully saturated rings. The highest BCUT2D eigenvalue weighted by molar-refractivity contribution is 6.07. The fourth-order valence-corrected chi connectivity index (χ4v) is 5.39. The van der Waals surface area contributed by atoms with Crippen LogP contribution in [0.1, 0.15) is 64.8 Å². The first-order chi connectivity index (χ1) is 11.0. The van der Waals surface area contributed by atoms with E-state index in [1.807, 2.05) is 20.8 Å². The van der Waals surface area contributed by atoms with E-state index in [1.54, 1.807) is 0 Å². The van der Waals surface area contributed by atoms with E-state index in [0.717, 1.165) is 0 Å². The van der Waals surface area contributed by atoms with Crippen molar-refractivity contribution in [2.24, 2.45) is 11.8 Å². The maximum Gasteiger partial charge on any atom is 0.240 e. The van der Waals surface area contributed by atoms with E-state index in [9.17, 15) is 9.59 Å². The Labute approximate surface area is 143 Å². The molecule has 3 aliphatic rings. The molecule has 3 heterocycles. The fraction of sp³-hybridized carbons (Fsp3) is 0.600. The van der Waals surface area contributed by atoms with Gasteiger partial charge in [0.2, 0.25) is 11.8 Å². The Kier molecular flexibility index (Phi) is 2.96. The van der Waals surface area contributed by atoms with Crippen molar-refractivity contribution in [1.29, 1.82) is 0 Å². The Bertz CT molecular complexity index is 692. The van der Waals surface area contributed by atoms with Gasteiger partial charge in [-0.05, 0) is 41.5 Å². The molecule has 2 saturated heterocycles. The van der Waals surface area contributed by atoms with Gasteiger partial charge in [-0.1, -0.05) is 24.3 Å². The van der Waals surface area contributed by atoms with Crippen LogP contribution in [0.2, 0.25) is 0 Å².